The number of aryl methyl sites for hydroxylation is 1. The van der Waals surface area contributed by atoms with Gasteiger partial charge in [-0.2, -0.15) is 0 Å². The lowest BCUT2D eigenvalue weighted by atomic mass is 9.91. The van der Waals surface area contributed by atoms with Crippen LogP contribution in [0.4, 0.5) is 4.79 Å². The third-order valence-electron chi connectivity index (χ3n) is 6.73. The number of carboxylic acid groups (broad SMARTS) is 1. The lowest BCUT2D eigenvalue weighted by molar-refractivity contribution is 0.00675. The number of hydrogen-bond donors (Lipinski definition) is 1. The van der Waals surface area contributed by atoms with Gasteiger partial charge in [0.05, 0.1) is 31.4 Å². The third kappa shape index (κ3) is 4.38. The summed E-state index contributed by atoms with van der Waals surface area (Å²) in [7, 11) is 4.74. The molecule has 8 nitrogen and oxygen atoms in total. The SMILES string of the molecule is COC(=O)c1ccc([C@@H]2C[C@@H](OC)CCN2Cc2c(OC)cc(C)c3c2ccn3C(=O)O)cc1. The van der Waals surface area contributed by atoms with E-state index in [0.717, 1.165) is 47.2 Å². The van der Waals surface area contributed by atoms with E-state index in [1.165, 1.54) is 11.7 Å². The number of benzene rings is 2. The molecule has 0 radical (unpaired) electrons. The van der Waals surface area contributed by atoms with Crippen LogP contribution in [0.25, 0.3) is 10.9 Å². The number of aromatic nitrogens is 1. The summed E-state index contributed by atoms with van der Waals surface area (Å²) in [5.74, 6) is 0.373. The Hall–Kier alpha value is -3.36. The second-order valence-corrected chi connectivity index (χ2v) is 8.59. The van der Waals surface area contributed by atoms with Gasteiger partial charge in [0.1, 0.15) is 5.75 Å². The van der Waals surface area contributed by atoms with E-state index >= 15 is 0 Å². The van der Waals surface area contributed by atoms with Gasteiger partial charge in [-0.1, -0.05) is 12.1 Å². The summed E-state index contributed by atoms with van der Waals surface area (Å²) in [5, 5.41) is 10.5. The zero-order valence-electron chi connectivity index (χ0n) is 19.9. The van der Waals surface area contributed by atoms with Crippen LogP contribution in [-0.2, 0) is 16.0 Å². The molecule has 180 valence electrons. The van der Waals surface area contributed by atoms with E-state index < -0.39 is 6.09 Å². The molecule has 0 unspecified atom stereocenters. The number of fused-ring (bicyclic) bond motifs is 1. The summed E-state index contributed by atoms with van der Waals surface area (Å²) >= 11 is 0. The number of likely N-dealkylation sites (tertiary alicyclic amines) is 1. The molecule has 2 heterocycles. The summed E-state index contributed by atoms with van der Waals surface area (Å²) in [6.45, 7) is 3.29. The molecule has 3 aromatic rings. The van der Waals surface area contributed by atoms with Gasteiger partial charge in [-0.25, -0.2) is 9.59 Å². The highest BCUT2D eigenvalue weighted by atomic mass is 16.5. The number of methoxy groups -OCH3 is 3. The standard InChI is InChI=1S/C26H30N2O6/c1-16-13-23(33-3)21(20-10-12-28(24(16)20)26(30)31)15-27-11-9-19(32-2)14-22(27)17-5-7-18(8-6-17)25(29)34-4/h5-8,10,12-13,19,22H,9,11,14-15H2,1-4H3,(H,30,31)/t19-,22-/m0/s1. The second kappa shape index (κ2) is 9.87. The van der Waals surface area contributed by atoms with E-state index in [1.807, 2.05) is 31.2 Å². The molecule has 1 aromatic heterocycles. The van der Waals surface area contributed by atoms with Crippen LogP contribution in [0.2, 0.25) is 0 Å². The van der Waals surface area contributed by atoms with Gasteiger partial charge in [0.2, 0.25) is 0 Å². The van der Waals surface area contributed by atoms with Crippen molar-refractivity contribution in [1.29, 1.82) is 0 Å². The molecule has 8 heteroatoms. The number of esters is 1. The highest BCUT2D eigenvalue weighted by Gasteiger charge is 2.31. The van der Waals surface area contributed by atoms with Crippen molar-refractivity contribution < 1.29 is 28.9 Å². The first-order valence-electron chi connectivity index (χ1n) is 11.2. The molecule has 0 aliphatic carbocycles. The van der Waals surface area contributed by atoms with Crippen molar-refractivity contribution in [2.24, 2.45) is 0 Å². The Morgan fingerprint density at radius 2 is 1.85 bits per heavy atom. The first kappa shape index (κ1) is 23.8. The lowest BCUT2D eigenvalue weighted by Gasteiger charge is -2.39. The van der Waals surface area contributed by atoms with E-state index in [-0.39, 0.29) is 18.1 Å². The molecule has 0 bridgehead atoms. The summed E-state index contributed by atoms with van der Waals surface area (Å²) in [6, 6.07) is 11.3. The monoisotopic (exact) mass is 466 g/mol. The largest absolute Gasteiger partial charge is 0.496 e. The number of carbonyl (C=O) groups is 2. The Bertz CT molecular complexity index is 1200. The van der Waals surface area contributed by atoms with Crippen molar-refractivity contribution in [3.63, 3.8) is 0 Å². The third-order valence-corrected chi connectivity index (χ3v) is 6.73. The fraction of sp³-hybridized carbons (Fsp3) is 0.385. The zero-order valence-corrected chi connectivity index (χ0v) is 19.9. The normalized spacial score (nSPS) is 18.7. The van der Waals surface area contributed by atoms with Gasteiger partial charge in [0.15, 0.2) is 0 Å². The number of nitrogens with zero attached hydrogens (tertiary/aromatic N) is 2. The van der Waals surface area contributed by atoms with E-state index in [2.05, 4.69) is 4.90 Å². The predicted octanol–water partition coefficient (Wildman–Crippen LogP) is 4.62. The summed E-state index contributed by atoms with van der Waals surface area (Å²) < 4.78 is 17.5. The Kier molecular flexibility index (Phi) is 6.90. The molecule has 1 fully saturated rings. The minimum Gasteiger partial charge on any atom is -0.496 e. The van der Waals surface area contributed by atoms with Crippen molar-refractivity contribution in [2.75, 3.05) is 27.9 Å². The zero-order chi connectivity index (χ0) is 24.4. The number of rotatable bonds is 6. The highest BCUT2D eigenvalue weighted by Crippen LogP contribution is 2.38. The second-order valence-electron chi connectivity index (χ2n) is 8.59. The molecule has 4 rings (SSSR count). The van der Waals surface area contributed by atoms with Crippen LogP contribution in [0.3, 0.4) is 0 Å². The Morgan fingerprint density at radius 1 is 1.12 bits per heavy atom. The quantitative estimate of drug-likeness (QED) is 0.530. The van der Waals surface area contributed by atoms with Gasteiger partial charge >= 0.3 is 12.1 Å². The van der Waals surface area contributed by atoms with E-state index in [4.69, 9.17) is 14.2 Å². The summed E-state index contributed by atoms with van der Waals surface area (Å²) in [6.07, 6.45) is 2.40. The molecule has 1 aliphatic rings. The molecule has 2 atom stereocenters. The van der Waals surface area contributed by atoms with E-state index in [0.29, 0.717) is 17.6 Å². The molecule has 1 N–H and O–H groups in total. The maximum atomic E-state index is 11.9. The maximum absolute atomic E-state index is 11.9. The molecule has 0 spiro atoms. The highest BCUT2D eigenvalue weighted by molar-refractivity contribution is 5.94. The Balaban J connectivity index is 1.73. The molecule has 2 aromatic carbocycles. The number of hydrogen-bond acceptors (Lipinski definition) is 6. The molecule has 0 amide bonds. The summed E-state index contributed by atoms with van der Waals surface area (Å²) in [5.41, 5.74) is 4.06. The van der Waals surface area contributed by atoms with E-state index in [1.54, 1.807) is 32.5 Å². The van der Waals surface area contributed by atoms with Crippen LogP contribution in [0.1, 0.15) is 45.9 Å². The fourth-order valence-electron chi connectivity index (χ4n) is 4.96. The first-order valence-corrected chi connectivity index (χ1v) is 11.2. The molecule has 1 aliphatic heterocycles. The van der Waals surface area contributed by atoms with Crippen molar-refractivity contribution in [2.45, 2.75) is 38.5 Å². The van der Waals surface area contributed by atoms with Gasteiger partial charge in [-0.05, 0) is 55.2 Å². The van der Waals surface area contributed by atoms with Crippen LogP contribution in [0.15, 0.2) is 42.6 Å². The van der Waals surface area contributed by atoms with Crippen molar-refractivity contribution in [3.05, 3.63) is 64.8 Å². The summed E-state index contributed by atoms with van der Waals surface area (Å²) in [4.78, 5) is 26.0. The first-order chi connectivity index (χ1) is 16.4. The van der Waals surface area contributed by atoms with Crippen molar-refractivity contribution in [1.82, 2.24) is 9.47 Å². The van der Waals surface area contributed by atoms with Gasteiger partial charge in [0.25, 0.3) is 0 Å². The van der Waals surface area contributed by atoms with Gasteiger partial charge in [-0.15, -0.1) is 0 Å². The van der Waals surface area contributed by atoms with Crippen LogP contribution in [0, 0.1) is 6.92 Å². The molecular weight excluding hydrogens is 436 g/mol. The number of carbonyl (C=O) groups excluding carboxylic acids is 1. The van der Waals surface area contributed by atoms with E-state index in [9.17, 15) is 14.7 Å². The number of piperidine rings is 1. The van der Waals surface area contributed by atoms with Crippen LogP contribution in [-0.4, -0.2) is 60.6 Å². The van der Waals surface area contributed by atoms with Crippen molar-refractivity contribution >= 4 is 23.0 Å². The molecule has 34 heavy (non-hydrogen) atoms. The van der Waals surface area contributed by atoms with Crippen LogP contribution >= 0.6 is 0 Å². The Labute approximate surface area is 198 Å². The maximum Gasteiger partial charge on any atom is 0.416 e. The molecular formula is C26H30N2O6. The minimum atomic E-state index is -1.02. The average Bonchev–Trinajstić information content (AvgIpc) is 3.31. The van der Waals surface area contributed by atoms with Crippen LogP contribution < -0.4 is 4.74 Å². The van der Waals surface area contributed by atoms with Gasteiger partial charge < -0.3 is 19.3 Å². The lowest BCUT2D eigenvalue weighted by Crippen LogP contribution is -2.39. The predicted molar refractivity (Wildman–Crippen MR) is 128 cm³/mol. The van der Waals surface area contributed by atoms with Gasteiger partial charge in [0, 0.05) is 43.4 Å². The average molecular weight is 467 g/mol. The van der Waals surface area contributed by atoms with Crippen LogP contribution in [0.5, 0.6) is 5.75 Å². The molecule has 1 saturated heterocycles. The Morgan fingerprint density at radius 3 is 2.47 bits per heavy atom. The minimum absolute atomic E-state index is 0.0630. The topological polar surface area (TPSA) is 90.2 Å². The molecule has 0 saturated carbocycles. The van der Waals surface area contributed by atoms with Crippen molar-refractivity contribution in [3.8, 4) is 5.75 Å². The number of ether oxygens (including phenoxy) is 3. The van der Waals surface area contributed by atoms with Gasteiger partial charge in [-0.3, -0.25) is 9.47 Å². The fourth-order valence-corrected chi connectivity index (χ4v) is 4.96. The smallest absolute Gasteiger partial charge is 0.416 e.